The second-order valence-corrected chi connectivity index (χ2v) is 8.50. The van der Waals surface area contributed by atoms with E-state index in [0.29, 0.717) is 11.5 Å². The predicted octanol–water partition coefficient (Wildman–Crippen LogP) is 2.21. The predicted molar refractivity (Wildman–Crippen MR) is 109 cm³/mol. The molecule has 0 aliphatic rings. The molecule has 0 aliphatic carbocycles. The second kappa shape index (κ2) is 8.32. The van der Waals surface area contributed by atoms with E-state index >= 15 is 0 Å². The van der Waals surface area contributed by atoms with Crippen molar-refractivity contribution in [1.82, 2.24) is 20.3 Å². The Bertz CT molecular complexity index is 1210. The topological polar surface area (TPSA) is 129 Å². The van der Waals surface area contributed by atoms with Gasteiger partial charge in [-0.15, -0.1) is 0 Å². The van der Waals surface area contributed by atoms with Gasteiger partial charge in [-0.3, -0.25) is 9.52 Å². The van der Waals surface area contributed by atoms with Crippen LogP contribution < -0.4 is 15.4 Å². The summed E-state index contributed by atoms with van der Waals surface area (Å²) in [6.07, 6.45) is 2.57. The van der Waals surface area contributed by atoms with Crippen LogP contribution in [0.25, 0.3) is 11.0 Å². The number of nitrogens with one attached hydrogen (secondary N) is 4. The highest BCUT2D eigenvalue weighted by atomic mass is 32.2. The second-order valence-electron chi connectivity index (χ2n) is 6.78. The number of aromatic nitrogens is 3. The molecule has 30 heavy (non-hydrogen) atoms. The molecule has 0 fully saturated rings. The normalized spacial score (nSPS) is 11.8. The van der Waals surface area contributed by atoms with Crippen LogP contribution in [0.15, 0.2) is 24.7 Å². The lowest BCUT2D eigenvalue weighted by Crippen LogP contribution is -2.26. The molecular formula is C18H20F2N6O3S. The van der Waals surface area contributed by atoms with Gasteiger partial charge in [-0.25, -0.2) is 27.2 Å². The van der Waals surface area contributed by atoms with Crippen molar-refractivity contribution in [1.29, 1.82) is 0 Å². The third-order valence-electron chi connectivity index (χ3n) is 4.06. The number of nitrogens with zero attached hydrogens (tertiary/aromatic N) is 2. The first-order valence-electron chi connectivity index (χ1n) is 8.91. The van der Waals surface area contributed by atoms with Gasteiger partial charge in [-0.05, 0) is 33.0 Å². The highest BCUT2D eigenvalue weighted by Crippen LogP contribution is 2.29. The van der Waals surface area contributed by atoms with Gasteiger partial charge in [0.2, 0.25) is 15.8 Å². The van der Waals surface area contributed by atoms with Gasteiger partial charge >= 0.3 is 0 Å². The zero-order valence-corrected chi connectivity index (χ0v) is 17.2. The Balaban J connectivity index is 2.11. The first-order chi connectivity index (χ1) is 14.1. The van der Waals surface area contributed by atoms with Crippen molar-refractivity contribution in [3.63, 3.8) is 0 Å². The van der Waals surface area contributed by atoms with Crippen molar-refractivity contribution < 1.29 is 22.0 Å². The van der Waals surface area contributed by atoms with Gasteiger partial charge in [0.05, 0.1) is 22.2 Å². The van der Waals surface area contributed by atoms with Gasteiger partial charge in [0.15, 0.2) is 5.82 Å². The van der Waals surface area contributed by atoms with Crippen LogP contribution in [-0.4, -0.2) is 48.1 Å². The molecule has 0 atom stereocenters. The Kier molecular flexibility index (Phi) is 5.99. The minimum atomic E-state index is -3.94. The minimum absolute atomic E-state index is 0.0284. The fourth-order valence-electron chi connectivity index (χ4n) is 2.89. The van der Waals surface area contributed by atoms with Crippen LogP contribution in [0, 0.1) is 11.6 Å². The average Bonchev–Trinajstić information content (AvgIpc) is 3.09. The monoisotopic (exact) mass is 438 g/mol. The maximum atomic E-state index is 15.0. The number of hydrogen-bond acceptors (Lipinski definition) is 7. The summed E-state index contributed by atoms with van der Waals surface area (Å²) in [5, 5.41) is 5.75. The lowest BCUT2D eigenvalue weighted by atomic mass is 10.0. The SMILES string of the molecule is CNCS(=O)(=O)Nc1ccc(F)c(C(=O)c2c[nH]c3ncnc(NC(C)C)c23)c1F. The van der Waals surface area contributed by atoms with E-state index in [1.54, 1.807) is 0 Å². The maximum Gasteiger partial charge on any atom is 0.245 e. The number of carbonyl (C=O) groups is 1. The molecule has 0 radical (unpaired) electrons. The minimum Gasteiger partial charge on any atom is -0.367 e. The van der Waals surface area contributed by atoms with Crippen molar-refractivity contribution in [2.75, 3.05) is 23.0 Å². The number of hydrogen-bond donors (Lipinski definition) is 4. The molecule has 3 rings (SSSR count). The summed E-state index contributed by atoms with van der Waals surface area (Å²) in [5.74, 6) is -3.58. The average molecular weight is 438 g/mol. The summed E-state index contributed by atoms with van der Waals surface area (Å²) in [5.41, 5.74) is -1.17. The van der Waals surface area contributed by atoms with Gasteiger partial charge in [0.25, 0.3) is 0 Å². The van der Waals surface area contributed by atoms with E-state index in [2.05, 4.69) is 25.6 Å². The van der Waals surface area contributed by atoms with Gasteiger partial charge in [0.1, 0.15) is 29.5 Å². The van der Waals surface area contributed by atoms with E-state index in [-0.39, 0.29) is 17.0 Å². The number of H-pyrrole nitrogens is 1. The number of aromatic amines is 1. The molecule has 4 N–H and O–H groups in total. The molecule has 0 saturated carbocycles. The lowest BCUT2D eigenvalue weighted by molar-refractivity contribution is 0.103. The summed E-state index contributed by atoms with van der Waals surface area (Å²) >= 11 is 0. The van der Waals surface area contributed by atoms with Crippen LogP contribution in [0.1, 0.15) is 29.8 Å². The molecule has 9 nitrogen and oxygen atoms in total. The Labute approximate surface area is 171 Å². The fraction of sp³-hybridized carbons (Fsp3) is 0.278. The van der Waals surface area contributed by atoms with Gasteiger partial charge in [0, 0.05) is 12.2 Å². The van der Waals surface area contributed by atoms with E-state index in [1.807, 2.05) is 18.6 Å². The highest BCUT2D eigenvalue weighted by molar-refractivity contribution is 7.92. The Hall–Kier alpha value is -3.12. The van der Waals surface area contributed by atoms with E-state index in [9.17, 15) is 22.0 Å². The largest absolute Gasteiger partial charge is 0.367 e. The van der Waals surface area contributed by atoms with Gasteiger partial charge in [-0.1, -0.05) is 0 Å². The quantitative estimate of drug-likeness (QED) is 0.397. The van der Waals surface area contributed by atoms with Gasteiger partial charge < -0.3 is 15.6 Å². The van der Waals surface area contributed by atoms with Crippen molar-refractivity contribution in [3.05, 3.63) is 47.4 Å². The standard InChI is InChI=1S/C18H20F2N6O3S/c1-9(2)25-18-13-10(6-22-17(13)23-7-24-18)16(27)14-11(19)4-5-12(15(14)20)26-30(28,29)8-21-3/h4-7,9,21,26H,8H2,1-3H3,(H2,22,23,24,25). The molecule has 2 heterocycles. The number of sulfonamides is 1. The molecule has 0 bridgehead atoms. The van der Waals surface area contributed by atoms with Gasteiger partial charge in [-0.2, -0.15) is 0 Å². The molecule has 0 saturated heterocycles. The summed E-state index contributed by atoms with van der Waals surface area (Å²) in [4.78, 5) is 24.0. The van der Waals surface area contributed by atoms with Crippen molar-refractivity contribution in [2.45, 2.75) is 19.9 Å². The number of halogens is 2. The molecular weight excluding hydrogens is 418 g/mol. The molecule has 0 amide bonds. The Morgan fingerprint density at radius 2 is 1.97 bits per heavy atom. The molecule has 3 aromatic rings. The molecule has 0 spiro atoms. The number of anilines is 2. The van der Waals surface area contributed by atoms with E-state index in [1.165, 1.54) is 19.6 Å². The first-order valence-corrected chi connectivity index (χ1v) is 10.6. The number of rotatable bonds is 8. The maximum absolute atomic E-state index is 15.0. The summed E-state index contributed by atoms with van der Waals surface area (Å²) in [7, 11) is -2.54. The van der Waals surface area contributed by atoms with Crippen LogP contribution in [-0.2, 0) is 10.0 Å². The number of benzene rings is 1. The van der Waals surface area contributed by atoms with Crippen LogP contribution in [0.5, 0.6) is 0 Å². The zero-order valence-electron chi connectivity index (χ0n) is 16.4. The molecule has 12 heteroatoms. The van der Waals surface area contributed by atoms with E-state index in [0.717, 1.165) is 12.1 Å². The lowest BCUT2D eigenvalue weighted by Gasteiger charge is -2.13. The van der Waals surface area contributed by atoms with Crippen LogP contribution in [0.4, 0.5) is 20.3 Å². The zero-order chi connectivity index (χ0) is 22.1. The first kappa shape index (κ1) is 21.6. The third-order valence-corrected chi connectivity index (χ3v) is 5.26. The number of ketones is 1. The van der Waals surface area contributed by atoms with Crippen molar-refractivity contribution >= 4 is 38.3 Å². The summed E-state index contributed by atoms with van der Waals surface area (Å²) in [6.45, 7) is 3.73. The van der Waals surface area contributed by atoms with Crippen LogP contribution in [0.2, 0.25) is 0 Å². The highest BCUT2D eigenvalue weighted by Gasteiger charge is 2.27. The Morgan fingerprint density at radius 3 is 2.63 bits per heavy atom. The fourth-order valence-corrected chi connectivity index (χ4v) is 3.84. The summed E-state index contributed by atoms with van der Waals surface area (Å²) in [6, 6.07) is 1.71. The van der Waals surface area contributed by atoms with E-state index < -0.39 is 44.6 Å². The number of carbonyl (C=O) groups excluding carboxylic acids is 1. The Morgan fingerprint density at radius 1 is 1.23 bits per heavy atom. The molecule has 0 aliphatic heterocycles. The van der Waals surface area contributed by atoms with E-state index in [4.69, 9.17) is 0 Å². The molecule has 0 unspecified atom stereocenters. The van der Waals surface area contributed by atoms with Crippen molar-refractivity contribution in [3.8, 4) is 0 Å². The summed E-state index contributed by atoms with van der Waals surface area (Å²) < 4.78 is 55.3. The van der Waals surface area contributed by atoms with Crippen LogP contribution >= 0.6 is 0 Å². The number of fused-ring (bicyclic) bond motifs is 1. The third kappa shape index (κ3) is 4.24. The van der Waals surface area contributed by atoms with Crippen LogP contribution in [0.3, 0.4) is 0 Å². The molecule has 2 aromatic heterocycles. The molecule has 160 valence electrons. The molecule has 1 aromatic carbocycles. The smallest absolute Gasteiger partial charge is 0.245 e. The van der Waals surface area contributed by atoms with Crippen molar-refractivity contribution in [2.24, 2.45) is 0 Å².